The van der Waals surface area contributed by atoms with E-state index in [2.05, 4.69) is 5.32 Å². The van der Waals surface area contributed by atoms with Crippen LogP contribution in [0.25, 0.3) is 0 Å². The highest BCUT2D eigenvalue weighted by Gasteiger charge is 2.28. The molecule has 0 atom stereocenters. The maximum absolute atomic E-state index is 12.1. The summed E-state index contributed by atoms with van der Waals surface area (Å²) in [4.78, 5) is 34.4. The van der Waals surface area contributed by atoms with Gasteiger partial charge < -0.3 is 19.5 Å². The summed E-state index contributed by atoms with van der Waals surface area (Å²) < 4.78 is 15.0. The number of carbonyl (C=O) groups excluding carboxylic acids is 2. The molecule has 0 unspecified atom stereocenters. The highest BCUT2D eigenvalue weighted by Crippen LogP contribution is 2.38. The maximum atomic E-state index is 12.1. The van der Waals surface area contributed by atoms with Gasteiger partial charge in [0.1, 0.15) is 5.56 Å². The number of hydrogen-bond donors (Lipinski definition) is 1. The zero-order valence-electron chi connectivity index (χ0n) is 13.5. The molecule has 1 N–H and O–H groups in total. The van der Waals surface area contributed by atoms with E-state index in [4.69, 9.17) is 14.2 Å². The van der Waals surface area contributed by atoms with Crippen molar-refractivity contribution in [1.82, 2.24) is 5.32 Å². The van der Waals surface area contributed by atoms with Crippen molar-refractivity contribution in [2.24, 2.45) is 0 Å². The number of rotatable bonds is 6. The van der Waals surface area contributed by atoms with E-state index in [0.29, 0.717) is 0 Å². The number of esters is 1. The second-order valence-corrected chi connectivity index (χ2v) is 5.32. The smallest absolute Gasteiger partial charge is 0.345 e. The molecule has 9 nitrogen and oxygen atoms in total. The highest BCUT2D eigenvalue weighted by molar-refractivity contribution is 5.96. The van der Waals surface area contributed by atoms with Crippen molar-refractivity contribution in [2.45, 2.75) is 6.54 Å². The summed E-state index contributed by atoms with van der Waals surface area (Å²) in [5.74, 6) is -1.14. The monoisotopic (exact) mass is 358 g/mol. The Bertz CT molecular complexity index is 852. The number of ether oxygens (including phenoxy) is 3. The van der Waals surface area contributed by atoms with Crippen molar-refractivity contribution in [1.29, 1.82) is 0 Å². The first-order valence-electron chi connectivity index (χ1n) is 7.60. The molecule has 1 heterocycles. The molecular weight excluding hydrogens is 344 g/mol. The van der Waals surface area contributed by atoms with Gasteiger partial charge in [-0.05, 0) is 5.56 Å². The van der Waals surface area contributed by atoms with Crippen LogP contribution < -0.4 is 14.8 Å². The van der Waals surface area contributed by atoms with Gasteiger partial charge in [-0.25, -0.2) is 4.79 Å². The first kappa shape index (κ1) is 17.2. The normalized spacial score (nSPS) is 11.7. The van der Waals surface area contributed by atoms with E-state index in [0.717, 1.165) is 11.6 Å². The topological polar surface area (TPSA) is 117 Å². The number of nitrogens with zero attached hydrogens (tertiary/aromatic N) is 1. The molecule has 9 heteroatoms. The summed E-state index contributed by atoms with van der Waals surface area (Å²) in [5.41, 5.74) is 0.0950. The van der Waals surface area contributed by atoms with Gasteiger partial charge in [-0.3, -0.25) is 14.9 Å². The lowest BCUT2D eigenvalue weighted by atomic mass is 10.1. The number of nitro benzene ring substituents is 1. The predicted octanol–water partition coefficient (Wildman–Crippen LogP) is 1.80. The third-order valence-corrected chi connectivity index (χ3v) is 3.57. The molecule has 0 fully saturated rings. The Balaban J connectivity index is 1.61. The van der Waals surface area contributed by atoms with Crippen LogP contribution in [0.1, 0.15) is 15.9 Å². The van der Waals surface area contributed by atoms with E-state index < -0.39 is 29.1 Å². The summed E-state index contributed by atoms with van der Waals surface area (Å²) in [5, 5.41) is 13.7. The minimum absolute atomic E-state index is 0.0904. The first-order valence-corrected chi connectivity index (χ1v) is 7.60. The number of benzene rings is 2. The number of nitro groups is 1. The van der Waals surface area contributed by atoms with E-state index in [-0.39, 0.29) is 30.4 Å². The van der Waals surface area contributed by atoms with Gasteiger partial charge in [0.05, 0.1) is 11.0 Å². The van der Waals surface area contributed by atoms with Gasteiger partial charge in [0.2, 0.25) is 6.79 Å². The van der Waals surface area contributed by atoms with Crippen molar-refractivity contribution in [2.75, 3.05) is 13.4 Å². The Kier molecular flexibility index (Phi) is 4.97. The average Bonchev–Trinajstić information content (AvgIpc) is 3.11. The van der Waals surface area contributed by atoms with Crippen molar-refractivity contribution < 1.29 is 28.7 Å². The van der Waals surface area contributed by atoms with Gasteiger partial charge in [0, 0.05) is 12.6 Å². The van der Waals surface area contributed by atoms with Crippen molar-refractivity contribution in [3.05, 3.63) is 63.7 Å². The Labute approximate surface area is 147 Å². The summed E-state index contributed by atoms with van der Waals surface area (Å²) in [7, 11) is 0. The van der Waals surface area contributed by atoms with Crippen LogP contribution >= 0.6 is 0 Å². The molecule has 0 saturated carbocycles. The quantitative estimate of drug-likeness (QED) is 0.475. The van der Waals surface area contributed by atoms with Gasteiger partial charge in [-0.1, -0.05) is 30.3 Å². The molecule has 0 spiro atoms. The molecule has 0 bridgehead atoms. The minimum Gasteiger partial charge on any atom is -0.454 e. The molecule has 0 saturated heterocycles. The average molecular weight is 358 g/mol. The second kappa shape index (κ2) is 7.51. The van der Waals surface area contributed by atoms with E-state index in [1.807, 2.05) is 30.3 Å². The van der Waals surface area contributed by atoms with E-state index >= 15 is 0 Å². The van der Waals surface area contributed by atoms with Gasteiger partial charge in [0.25, 0.3) is 11.6 Å². The second-order valence-electron chi connectivity index (χ2n) is 5.32. The lowest BCUT2D eigenvalue weighted by Crippen LogP contribution is -2.28. The Morgan fingerprint density at radius 2 is 1.85 bits per heavy atom. The van der Waals surface area contributed by atoms with Crippen molar-refractivity contribution >= 4 is 17.6 Å². The zero-order valence-corrected chi connectivity index (χ0v) is 13.5. The summed E-state index contributed by atoms with van der Waals surface area (Å²) in [6, 6.07) is 11.5. The number of hydrogen-bond acceptors (Lipinski definition) is 7. The molecule has 0 radical (unpaired) electrons. The lowest BCUT2D eigenvalue weighted by molar-refractivity contribution is -0.385. The van der Waals surface area contributed by atoms with Crippen LogP contribution in [0.15, 0.2) is 42.5 Å². The molecule has 134 valence electrons. The molecule has 26 heavy (non-hydrogen) atoms. The molecule has 0 aromatic heterocycles. The molecule has 2 aromatic carbocycles. The largest absolute Gasteiger partial charge is 0.454 e. The minimum atomic E-state index is -0.995. The van der Waals surface area contributed by atoms with Gasteiger partial charge >= 0.3 is 5.97 Å². The number of carbonyl (C=O) groups is 2. The Morgan fingerprint density at radius 3 is 2.54 bits per heavy atom. The fraction of sp³-hybridized carbons (Fsp3) is 0.176. The van der Waals surface area contributed by atoms with Gasteiger partial charge in [-0.2, -0.15) is 0 Å². The molecule has 1 amide bonds. The first-order chi connectivity index (χ1) is 12.5. The van der Waals surface area contributed by atoms with E-state index in [1.165, 1.54) is 6.07 Å². The molecule has 2 aromatic rings. The number of nitrogens with one attached hydrogen (secondary N) is 1. The molecular formula is C17H14N2O7. The highest BCUT2D eigenvalue weighted by atomic mass is 16.7. The molecule has 3 rings (SSSR count). The van der Waals surface area contributed by atoms with Gasteiger partial charge in [0.15, 0.2) is 18.1 Å². The third kappa shape index (κ3) is 3.89. The van der Waals surface area contributed by atoms with Crippen LogP contribution in [0.3, 0.4) is 0 Å². The Hall–Kier alpha value is -3.62. The SMILES string of the molecule is O=C(COC(=O)c1cc2c(cc1[N+](=O)[O-])OCO2)NCc1ccccc1. The molecule has 1 aliphatic heterocycles. The van der Waals surface area contributed by atoms with E-state index in [9.17, 15) is 19.7 Å². The number of fused-ring (bicyclic) bond motifs is 1. The third-order valence-electron chi connectivity index (χ3n) is 3.57. The summed E-state index contributed by atoms with van der Waals surface area (Å²) >= 11 is 0. The molecule has 1 aliphatic rings. The van der Waals surface area contributed by atoms with Crippen LogP contribution in [0.5, 0.6) is 11.5 Å². The van der Waals surface area contributed by atoms with Crippen molar-refractivity contribution in [3.63, 3.8) is 0 Å². The van der Waals surface area contributed by atoms with Crippen LogP contribution in [-0.2, 0) is 16.1 Å². The standard InChI is InChI=1S/C17H14N2O7/c20-16(18-8-11-4-2-1-3-5-11)9-24-17(21)12-6-14-15(26-10-25-14)7-13(12)19(22)23/h1-7H,8-10H2,(H,18,20). The van der Waals surface area contributed by atoms with Crippen LogP contribution in [0.2, 0.25) is 0 Å². The van der Waals surface area contributed by atoms with Crippen LogP contribution in [0, 0.1) is 10.1 Å². The fourth-order valence-corrected chi connectivity index (χ4v) is 2.30. The lowest BCUT2D eigenvalue weighted by Gasteiger charge is -2.07. The van der Waals surface area contributed by atoms with Gasteiger partial charge in [-0.15, -0.1) is 0 Å². The summed E-state index contributed by atoms with van der Waals surface area (Å²) in [6.45, 7) is -0.370. The van der Waals surface area contributed by atoms with Crippen LogP contribution in [-0.4, -0.2) is 30.2 Å². The zero-order chi connectivity index (χ0) is 18.5. The summed E-state index contributed by atoms with van der Waals surface area (Å²) in [6.07, 6.45) is 0. The van der Waals surface area contributed by atoms with E-state index in [1.54, 1.807) is 0 Å². The maximum Gasteiger partial charge on any atom is 0.345 e. The van der Waals surface area contributed by atoms with Crippen molar-refractivity contribution in [3.8, 4) is 11.5 Å². The number of amides is 1. The predicted molar refractivity (Wildman–Crippen MR) is 87.8 cm³/mol. The van der Waals surface area contributed by atoms with Crippen LogP contribution in [0.4, 0.5) is 5.69 Å². The molecule has 0 aliphatic carbocycles. The Morgan fingerprint density at radius 1 is 1.15 bits per heavy atom. The fourth-order valence-electron chi connectivity index (χ4n) is 2.30.